The first-order valence-electron chi connectivity index (χ1n) is 9.25. The molecule has 0 fully saturated rings. The summed E-state index contributed by atoms with van der Waals surface area (Å²) in [5.74, 6) is -1.99. The van der Waals surface area contributed by atoms with Crippen LogP contribution in [0.3, 0.4) is 0 Å². The molecule has 7 heteroatoms. The number of amides is 1. The van der Waals surface area contributed by atoms with E-state index in [1.807, 2.05) is 71.1 Å². The number of rotatable bonds is 5. The molecule has 1 aliphatic rings. The van der Waals surface area contributed by atoms with Gasteiger partial charge < -0.3 is 15.2 Å². The maximum Gasteiger partial charge on any atom is 0.408 e. The van der Waals surface area contributed by atoms with Crippen molar-refractivity contribution in [2.75, 3.05) is 6.61 Å². The molecule has 0 heterocycles. The number of aliphatic carboxylic acids is 1. The summed E-state index contributed by atoms with van der Waals surface area (Å²) in [4.78, 5) is 24.0. The maximum atomic E-state index is 13.8. The molecule has 0 bridgehead atoms. The number of carbonyl (C=O) groups excluding carboxylic acids is 1. The summed E-state index contributed by atoms with van der Waals surface area (Å²) in [5.41, 5.74) is 4.44. The van der Waals surface area contributed by atoms with Crippen LogP contribution in [0.15, 0.2) is 66.7 Å². The lowest BCUT2D eigenvalue weighted by Gasteiger charge is -2.18. The summed E-state index contributed by atoms with van der Waals surface area (Å²) >= 11 is 1.81. The molecule has 3 aromatic carbocycles. The second kappa shape index (κ2) is 8.43. The molecule has 2 N–H and O–H groups in total. The number of halogens is 2. The summed E-state index contributed by atoms with van der Waals surface area (Å²) in [5, 5.41) is 11.8. The van der Waals surface area contributed by atoms with Crippen molar-refractivity contribution >= 4 is 34.7 Å². The van der Waals surface area contributed by atoms with Crippen molar-refractivity contribution in [3.8, 4) is 11.1 Å². The minimum Gasteiger partial charge on any atom is -0.479 e. The summed E-state index contributed by atoms with van der Waals surface area (Å²) in [6.07, 6.45) is -0.872. The third kappa shape index (κ3) is 3.89. The molecule has 1 atom stereocenters. The van der Waals surface area contributed by atoms with Crippen LogP contribution in [-0.4, -0.2) is 23.8 Å². The predicted octanol–water partition coefficient (Wildman–Crippen LogP) is 5.09. The second-order valence-corrected chi connectivity index (χ2v) is 8.08. The second-order valence-electron chi connectivity index (χ2n) is 6.91. The number of carboxylic acid groups (broad SMARTS) is 1. The Bertz CT molecular complexity index is 1090. The lowest BCUT2D eigenvalue weighted by molar-refractivity contribution is -0.139. The number of hydrogen-bond donors (Lipinski definition) is 2. The molecule has 0 saturated carbocycles. The highest BCUT2D eigenvalue weighted by Gasteiger charge is 2.30. The molecule has 3 aromatic rings. The van der Waals surface area contributed by atoms with E-state index in [0.717, 1.165) is 28.3 Å². The van der Waals surface area contributed by atoms with Crippen LogP contribution < -0.4 is 5.32 Å². The normalized spacial score (nSPS) is 13.3. The summed E-state index contributed by atoms with van der Waals surface area (Å²) in [6, 6.07) is 18.5. The monoisotopic (exact) mass is 517 g/mol. The number of ether oxygens (including phenoxy) is 1. The van der Waals surface area contributed by atoms with Gasteiger partial charge in [0.2, 0.25) is 0 Å². The van der Waals surface area contributed by atoms with Crippen LogP contribution in [0.4, 0.5) is 9.18 Å². The largest absolute Gasteiger partial charge is 0.479 e. The highest BCUT2D eigenvalue weighted by Crippen LogP contribution is 2.44. The predicted molar refractivity (Wildman–Crippen MR) is 118 cm³/mol. The Morgan fingerprint density at radius 3 is 2.20 bits per heavy atom. The number of fused-ring (bicyclic) bond motifs is 3. The third-order valence-electron chi connectivity index (χ3n) is 5.13. The SMILES string of the molecule is O=C(NC(C(=O)O)c1ccc(I)c(F)c1)OCC1c2ccccc2-c2ccccc21. The molecular weight excluding hydrogens is 500 g/mol. The van der Waals surface area contributed by atoms with E-state index in [-0.39, 0.29) is 18.1 Å². The number of benzene rings is 3. The van der Waals surface area contributed by atoms with E-state index in [1.54, 1.807) is 0 Å². The zero-order valence-corrected chi connectivity index (χ0v) is 17.8. The molecule has 0 radical (unpaired) electrons. The van der Waals surface area contributed by atoms with Crippen molar-refractivity contribution in [2.24, 2.45) is 0 Å². The van der Waals surface area contributed by atoms with E-state index in [9.17, 15) is 19.1 Å². The number of carbonyl (C=O) groups is 2. The molecule has 0 saturated heterocycles. The Morgan fingerprint density at radius 1 is 1.03 bits per heavy atom. The molecule has 0 aromatic heterocycles. The van der Waals surface area contributed by atoms with Gasteiger partial charge in [-0.2, -0.15) is 0 Å². The van der Waals surface area contributed by atoms with Gasteiger partial charge in [-0.3, -0.25) is 0 Å². The highest BCUT2D eigenvalue weighted by atomic mass is 127. The first-order chi connectivity index (χ1) is 14.5. The number of hydrogen-bond acceptors (Lipinski definition) is 3. The number of nitrogens with one attached hydrogen (secondary N) is 1. The zero-order chi connectivity index (χ0) is 21.3. The summed E-state index contributed by atoms with van der Waals surface area (Å²) in [6.45, 7) is 0.0627. The highest BCUT2D eigenvalue weighted by molar-refractivity contribution is 14.1. The molecule has 152 valence electrons. The maximum absolute atomic E-state index is 13.8. The molecule has 1 unspecified atom stereocenters. The van der Waals surface area contributed by atoms with E-state index in [2.05, 4.69) is 5.32 Å². The van der Waals surface area contributed by atoms with Gasteiger partial charge in [0.25, 0.3) is 0 Å². The Hall–Kier alpha value is -2.94. The standard InChI is InChI=1S/C23H17FINO4/c24-19-11-13(9-10-20(19)25)21(22(27)28)26-23(29)30-12-18-16-7-3-1-5-14(16)15-6-2-4-8-17(15)18/h1-11,18,21H,12H2,(H,26,29)(H,27,28). The van der Waals surface area contributed by atoms with Crippen molar-refractivity contribution in [3.63, 3.8) is 0 Å². The van der Waals surface area contributed by atoms with Crippen molar-refractivity contribution < 1.29 is 23.8 Å². The van der Waals surface area contributed by atoms with Crippen molar-refractivity contribution in [2.45, 2.75) is 12.0 Å². The van der Waals surface area contributed by atoms with Crippen molar-refractivity contribution in [1.29, 1.82) is 0 Å². The van der Waals surface area contributed by atoms with Gasteiger partial charge in [-0.25, -0.2) is 14.0 Å². The third-order valence-corrected chi connectivity index (χ3v) is 6.00. The number of carboxylic acids is 1. The molecule has 1 aliphatic carbocycles. The van der Waals surface area contributed by atoms with E-state index >= 15 is 0 Å². The molecule has 0 spiro atoms. The Kier molecular flexibility index (Phi) is 5.72. The minimum absolute atomic E-state index is 0.0627. The summed E-state index contributed by atoms with van der Waals surface area (Å²) < 4.78 is 19.6. The molecule has 30 heavy (non-hydrogen) atoms. The topological polar surface area (TPSA) is 75.6 Å². The lowest BCUT2D eigenvalue weighted by atomic mass is 9.98. The Labute approximate surface area is 186 Å². The van der Waals surface area contributed by atoms with Crippen LogP contribution in [0.25, 0.3) is 11.1 Å². The molecule has 5 nitrogen and oxygen atoms in total. The van der Waals surface area contributed by atoms with Gasteiger partial charge >= 0.3 is 12.1 Å². The first kappa shape index (κ1) is 20.3. The van der Waals surface area contributed by atoms with Gasteiger partial charge in [0.1, 0.15) is 12.4 Å². The van der Waals surface area contributed by atoms with Crippen LogP contribution in [0, 0.1) is 9.39 Å². The Balaban J connectivity index is 1.49. The molecule has 0 aliphatic heterocycles. The Morgan fingerprint density at radius 2 is 1.63 bits per heavy atom. The number of alkyl carbamates (subject to hydrolysis) is 1. The van der Waals surface area contributed by atoms with Gasteiger partial charge in [-0.05, 0) is 62.5 Å². The van der Waals surface area contributed by atoms with Gasteiger partial charge in [-0.15, -0.1) is 0 Å². The average molecular weight is 517 g/mol. The van der Waals surface area contributed by atoms with Crippen molar-refractivity contribution in [3.05, 3.63) is 92.8 Å². The van der Waals surface area contributed by atoms with Crippen LogP contribution in [0.2, 0.25) is 0 Å². The lowest BCUT2D eigenvalue weighted by Crippen LogP contribution is -2.35. The fourth-order valence-electron chi connectivity index (χ4n) is 3.74. The molecule has 4 rings (SSSR count). The van der Waals surface area contributed by atoms with Crippen molar-refractivity contribution in [1.82, 2.24) is 5.32 Å². The van der Waals surface area contributed by atoms with E-state index in [4.69, 9.17) is 4.74 Å². The average Bonchev–Trinajstić information content (AvgIpc) is 3.06. The fraction of sp³-hybridized carbons (Fsp3) is 0.130. The van der Waals surface area contributed by atoms with Crippen LogP contribution >= 0.6 is 22.6 Å². The van der Waals surface area contributed by atoms with Crippen LogP contribution in [0.5, 0.6) is 0 Å². The van der Waals surface area contributed by atoms with Gasteiger partial charge in [0, 0.05) is 9.49 Å². The molecular formula is C23H17FINO4. The fourth-order valence-corrected chi connectivity index (χ4v) is 4.07. The van der Waals surface area contributed by atoms with E-state index in [0.29, 0.717) is 3.57 Å². The smallest absolute Gasteiger partial charge is 0.408 e. The van der Waals surface area contributed by atoms with Gasteiger partial charge in [0.05, 0.1) is 0 Å². The zero-order valence-electron chi connectivity index (χ0n) is 15.6. The quantitative estimate of drug-likeness (QED) is 0.463. The van der Waals surface area contributed by atoms with Gasteiger partial charge in [-0.1, -0.05) is 54.6 Å². The van der Waals surface area contributed by atoms with Crippen LogP contribution in [-0.2, 0) is 9.53 Å². The summed E-state index contributed by atoms with van der Waals surface area (Å²) in [7, 11) is 0. The molecule has 1 amide bonds. The van der Waals surface area contributed by atoms with Gasteiger partial charge in [0.15, 0.2) is 6.04 Å². The first-order valence-corrected chi connectivity index (χ1v) is 10.3. The minimum atomic E-state index is -1.41. The van der Waals surface area contributed by atoms with Crippen LogP contribution in [0.1, 0.15) is 28.7 Å². The van der Waals surface area contributed by atoms with E-state index in [1.165, 1.54) is 12.1 Å². The van der Waals surface area contributed by atoms with E-state index < -0.39 is 23.9 Å².